The average Bonchev–Trinajstić information content (AvgIpc) is 1.98. The lowest BCUT2D eigenvalue weighted by molar-refractivity contribution is 0.0504. The Morgan fingerprint density at radius 1 is 1.53 bits per heavy atom. The molecular weight excluding hydrogens is 192 g/mol. The molecule has 0 radical (unpaired) electrons. The first-order valence-corrected chi connectivity index (χ1v) is 5.27. The first kappa shape index (κ1) is 11.8. The van der Waals surface area contributed by atoms with Gasteiger partial charge in [-0.25, -0.2) is 4.79 Å². The molecule has 1 rings (SSSR count). The van der Waals surface area contributed by atoms with Crippen LogP contribution in [0.4, 0.5) is 4.79 Å². The summed E-state index contributed by atoms with van der Waals surface area (Å²) in [5, 5.41) is 11.3. The Bertz CT molecular complexity index is 269. The second-order valence-corrected chi connectivity index (χ2v) is 5.05. The largest absolute Gasteiger partial charge is 0.444 e. The molecule has 1 amide bonds. The van der Waals surface area contributed by atoms with Gasteiger partial charge in [0.05, 0.1) is 6.07 Å². The topological polar surface area (TPSA) is 62.1 Å². The van der Waals surface area contributed by atoms with E-state index in [2.05, 4.69) is 11.4 Å². The van der Waals surface area contributed by atoms with E-state index >= 15 is 0 Å². The number of carbonyl (C=O) groups is 1. The smallest absolute Gasteiger partial charge is 0.407 e. The zero-order chi connectivity index (χ0) is 11.5. The maximum atomic E-state index is 11.3. The van der Waals surface area contributed by atoms with Crippen LogP contribution in [0.5, 0.6) is 0 Å². The van der Waals surface area contributed by atoms with Gasteiger partial charge in [0.1, 0.15) is 5.60 Å². The Labute approximate surface area is 90.6 Å². The number of alkyl carbamates (subject to hydrolysis) is 1. The van der Waals surface area contributed by atoms with Crippen molar-refractivity contribution in [2.75, 3.05) is 6.54 Å². The number of carbonyl (C=O) groups excluding carboxylic acids is 1. The summed E-state index contributed by atoms with van der Waals surface area (Å²) in [7, 11) is 0. The van der Waals surface area contributed by atoms with Crippen LogP contribution >= 0.6 is 0 Å². The fraction of sp³-hybridized carbons (Fsp3) is 0.818. The van der Waals surface area contributed by atoms with Crippen molar-refractivity contribution < 1.29 is 9.53 Å². The Hall–Kier alpha value is -1.24. The standard InChI is InChI=1S/C11H18N2O2/c1-11(2,3)15-10(14)13-7-9-4-8(5-9)6-12/h8-9H,4-5,7H2,1-3H3,(H,13,14). The molecule has 1 saturated carbocycles. The number of rotatable bonds is 2. The number of hydrogen-bond acceptors (Lipinski definition) is 3. The molecule has 4 nitrogen and oxygen atoms in total. The van der Waals surface area contributed by atoms with E-state index in [4.69, 9.17) is 10.00 Å². The lowest BCUT2D eigenvalue weighted by Gasteiger charge is -2.30. The summed E-state index contributed by atoms with van der Waals surface area (Å²) in [6.45, 7) is 6.12. The van der Waals surface area contributed by atoms with E-state index < -0.39 is 5.60 Å². The quantitative estimate of drug-likeness (QED) is 0.758. The van der Waals surface area contributed by atoms with Gasteiger partial charge in [-0.2, -0.15) is 5.26 Å². The van der Waals surface area contributed by atoms with E-state index in [1.807, 2.05) is 20.8 Å². The van der Waals surface area contributed by atoms with Crippen LogP contribution in [0.15, 0.2) is 0 Å². The highest BCUT2D eigenvalue weighted by atomic mass is 16.6. The molecule has 1 N–H and O–H groups in total. The van der Waals surface area contributed by atoms with Gasteiger partial charge in [0, 0.05) is 12.5 Å². The van der Waals surface area contributed by atoms with Crippen molar-refractivity contribution in [2.24, 2.45) is 11.8 Å². The van der Waals surface area contributed by atoms with Crippen molar-refractivity contribution in [2.45, 2.75) is 39.2 Å². The van der Waals surface area contributed by atoms with Crippen LogP contribution in [-0.4, -0.2) is 18.2 Å². The van der Waals surface area contributed by atoms with Gasteiger partial charge in [0.15, 0.2) is 0 Å². The number of nitrogens with one attached hydrogen (secondary N) is 1. The molecular formula is C11H18N2O2. The molecule has 0 aromatic heterocycles. The van der Waals surface area contributed by atoms with Gasteiger partial charge in [-0.15, -0.1) is 0 Å². The van der Waals surface area contributed by atoms with Gasteiger partial charge in [0.2, 0.25) is 0 Å². The fourth-order valence-electron chi connectivity index (χ4n) is 1.55. The van der Waals surface area contributed by atoms with Gasteiger partial charge >= 0.3 is 6.09 Å². The van der Waals surface area contributed by atoms with Gasteiger partial charge in [-0.05, 0) is 39.5 Å². The Morgan fingerprint density at radius 3 is 2.60 bits per heavy atom. The Balaban J connectivity index is 2.12. The normalized spacial score (nSPS) is 24.9. The molecule has 15 heavy (non-hydrogen) atoms. The van der Waals surface area contributed by atoms with Crippen molar-refractivity contribution in [1.82, 2.24) is 5.32 Å². The number of nitrogens with zero attached hydrogens (tertiary/aromatic N) is 1. The Morgan fingerprint density at radius 2 is 2.13 bits per heavy atom. The minimum Gasteiger partial charge on any atom is -0.444 e. The highest BCUT2D eigenvalue weighted by Crippen LogP contribution is 2.32. The minimum atomic E-state index is -0.446. The summed E-state index contributed by atoms with van der Waals surface area (Å²) >= 11 is 0. The molecule has 0 aliphatic heterocycles. The summed E-state index contributed by atoms with van der Waals surface area (Å²) in [4.78, 5) is 11.3. The van der Waals surface area contributed by atoms with Gasteiger partial charge < -0.3 is 10.1 Å². The predicted molar refractivity (Wildman–Crippen MR) is 56.1 cm³/mol. The van der Waals surface area contributed by atoms with Crippen LogP contribution < -0.4 is 5.32 Å². The van der Waals surface area contributed by atoms with Crippen LogP contribution in [0.25, 0.3) is 0 Å². The van der Waals surface area contributed by atoms with Crippen molar-refractivity contribution in [1.29, 1.82) is 5.26 Å². The molecule has 0 aromatic rings. The molecule has 1 fully saturated rings. The number of amides is 1. The molecule has 0 atom stereocenters. The first-order valence-electron chi connectivity index (χ1n) is 5.27. The van der Waals surface area contributed by atoms with E-state index in [0.29, 0.717) is 12.5 Å². The first-order chi connectivity index (χ1) is 6.90. The number of ether oxygens (including phenoxy) is 1. The van der Waals surface area contributed by atoms with Crippen molar-refractivity contribution in [3.05, 3.63) is 0 Å². The summed E-state index contributed by atoms with van der Waals surface area (Å²) in [6, 6.07) is 2.21. The number of nitriles is 1. The van der Waals surface area contributed by atoms with E-state index in [1.54, 1.807) is 0 Å². The molecule has 1 aliphatic rings. The highest BCUT2D eigenvalue weighted by Gasteiger charge is 2.29. The SMILES string of the molecule is CC(C)(C)OC(=O)NCC1CC(C#N)C1. The van der Waals surface area contributed by atoms with Crippen molar-refractivity contribution >= 4 is 6.09 Å². The van der Waals surface area contributed by atoms with Crippen LogP contribution in [0.3, 0.4) is 0 Å². The molecule has 0 heterocycles. The van der Waals surface area contributed by atoms with Crippen LogP contribution in [0.2, 0.25) is 0 Å². The van der Waals surface area contributed by atoms with E-state index in [9.17, 15) is 4.79 Å². The maximum absolute atomic E-state index is 11.3. The summed E-state index contributed by atoms with van der Waals surface area (Å²) in [5.74, 6) is 0.637. The molecule has 0 unspecified atom stereocenters. The molecule has 4 heteroatoms. The van der Waals surface area contributed by atoms with Crippen molar-refractivity contribution in [3.8, 4) is 6.07 Å². The van der Waals surface area contributed by atoms with Gasteiger partial charge in [-0.1, -0.05) is 0 Å². The zero-order valence-corrected chi connectivity index (χ0v) is 9.54. The number of hydrogen-bond donors (Lipinski definition) is 1. The third kappa shape index (κ3) is 4.20. The monoisotopic (exact) mass is 210 g/mol. The van der Waals surface area contributed by atoms with Gasteiger partial charge in [0.25, 0.3) is 0 Å². The van der Waals surface area contributed by atoms with Crippen LogP contribution in [0, 0.1) is 23.2 Å². The minimum absolute atomic E-state index is 0.190. The van der Waals surface area contributed by atoms with E-state index in [1.165, 1.54) is 0 Å². The van der Waals surface area contributed by atoms with Crippen molar-refractivity contribution in [3.63, 3.8) is 0 Å². The second-order valence-electron chi connectivity index (χ2n) is 5.05. The average molecular weight is 210 g/mol. The fourth-order valence-corrected chi connectivity index (χ4v) is 1.55. The lowest BCUT2D eigenvalue weighted by Crippen LogP contribution is -2.38. The molecule has 84 valence electrons. The third-order valence-corrected chi connectivity index (χ3v) is 2.35. The third-order valence-electron chi connectivity index (χ3n) is 2.35. The van der Waals surface area contributed by atoms with Crippen LogP contribution in [0.1, 0.15) is 33.6 Å². The summed E-state index contributed by atoms with van der Waals surface area (Å²) in [5.41, 5.74) is -0.446. The zero-order valence-electron chi connectivity index (χ0n) is 9.54. The molecule has 0 spiro atoms. The molecule has 0 saturated heterocycles. The summed E-state index contributed by atoms with van der Waals surface area (Å²) < 4.78 is 5.09. The predicted octanol–water partition coefficient (Wildman–Crippen LogP) is 2.06. The lowest BCUT2D eigenvalue weighted by atomic mass is 9.76. The highest BCUT2D eigenvalue weighted by molar-refractivity contribution is 5.67. The van der Waals surface area contributed by atoms with Crippen LogP contribution in [-0.2, 0) is 4.74 Å². The Kier molecular flexibility index (Phi) is 3.57. The molecule has 0 aromatic carbocycles. The maximum Gasteiger partial charge on any atom is 0.407 e. The molecule has 1 aliphatic carbocycles. The van der Waals surface area contributed by atoms with E-state index in [0.717, 1.165) is 12.8 Å². The van der Waals surface area contributed by atoms with Gasteiger partial charge in [-0.3, -0.25) is 0 Å². The summed E-state index contributed by atoms with van der Waals surface area (Å²) in [6.07, 6.45) is 1.42. The second kappa shape index (κ2) is 4.52. The van der Waals surface area contributed by atoms with E-state index in [-0.39, 0.29) is 12.0 Å². The molecule has 0 bridgehead atoms.